The van der Waals surface area contributed by atoms with E-state index in [1.54, 1.807) is 11.3 Å². The molecular weight excluding hydrogens is 170 g/mol. The van der Waals surface area contributed by atoms with Crippen molar-refractivity contribution in [3.63, 3.8) is 0 Å². The fourth-order valence-corrected chi connectivity index (χ4v) is 2.09. The van der Waals surface area contributed by atoms with Crippen LogP contribution < -0.4 is 5.73 Å². The van der Waals surface area contributed by atoms with Gasteiger partial charge in [0.2, 0.25) is 0 Å². The van der Waals surface area contributed by atoms with Crippen LogP contribution in [0.5, 0.6) is 0 Å². The van der Waals surface area contributed by atoms with Crippen LogP contribution in [0.15, 0.2) is 0 Å². The lowest BCUT2D eigenvalue weighted by atomic mass is 10.1. The molecule has 0 saturated heterocycles. The summed E-state index contributed by atoms with van der Waals surface area (Å²) in [5.74, 6) is 0.759. The van der Waals surface area contributed by atoms with Crippen molar-refractivity contribution in [2.24, 2.45) is 11.7 Å². The molecule has 3 nitrogen and oxygen atoms in total. The van der Waals surface area contributed by atoms with E-state index in [0.717, 1.165) is 22.4 Å². The van der Waals surface area contributed by atoms with Crippen molar-refractivity contribution in [3.05, 3.63) is 10.0 Å². The maximum Gasteiger partial charge on any atom is 0.118 e. The summed E-state index contributed by atoms with van der Waals surface area (Å²) in [5, 5.41) is 10.1. The van der Waals surface area contributed by atoms with Crippen molar-refractivity contribution in [3.8, 4) is 0 Å². The number of nitrogens with zero attached hydrogens (tertiary/aromatic N) is 2. The second kappa shape index (κ2) is 3.11. The maximum atomic E-state index is 5.96. The molecule has 4 heteroatoms. The average molecular weight is 183 g/mol. The van der Waals surface area contributed by atoms with Gasteiger partial charge in [0.1, 0.15) is 10.0 Å². The molecule has 0 bridgehead atoms. The van der Waals surface area contributed by atoms with E-state index >= 15 is 0 Å². The largest absolute Gasteiger partial charge is 0.327 e. The maximum absolute atomic E-state index is 5.96. The van der Waals surface area contributed by atoms with Crippen LogP contribution in [0.25, 0.3) is 0 Å². The van der Waals surface area contributed by atoms with Crippen LogP contribution in [0.1, 0.15) is 22.9 Å². The molecule has 1 fully saturated rings. The van der Waals surface area contributed by atoms with Crippen molar-refractivity contribution < 1.29 is 0 Å². The van der Waals surface area contributed by atoms with Gasteiger partial charge in [-0.2, -0.15) is 0 Å². The van der Waals surface area contributed by atoms with Crippen LogP contribution in [-0.2, 0) is 6.42 Å². The SMILES string of the molecule is Cc1nnc(CC(N)C2CC2)s1. The molecular formula is C8H13N3S. The molecule has 1 unspecified atom stereocenters. The number of aromatic nitrogens is 2. The predicted octanol–water partition coefficient (Wildman–Crippen LogP) is 1.13. The Hall–Kier alpha value is -0.480. The van der Waals surface area contributed by atoms with E-state index in [2.05, 4.69) is 10.2 Å². The Bertz CT molecular complexity index is 267. The highest BCUT2D eigenvalue weighted by molar-refractivity contribution is 7.11. The first-order valence-corrected chi connectivity index (χ1v) is 5.12. The predicted molar refractivity (Wildman–Crippen MR) is 49.0 cm³/mol. The Kier molecular flexibility index (Phi) is 2.11. The molecule has 2 N–H and O–H groups in total. The Morgan fingerprint density at radius 3 is 2.83 bits per heavy atom. The van der Waals surface area contributed by atoms with Gasteiger partial charge < -0.3 is 5.73 Å². The van der Waals surface area contributed by atoms with Crippen LogP contribution in [-0.4, -0.2) is 16.2 Å². The Morgan fingerprint density at radius 2 is 2.33 bits per heavy atom. The van der Waals surface area contributed by atoms with Gasteiger partial charge in [-0.3, -0.25) is 0 Å². The fourth-order valence-electron chi connectivity index (χ4n) is 1.31. The van der Waals surface area contributed by atoms with Crippen molar-refractivity contribution in [1.29, 1.82) is 0 Å². The lowest BCUT2D eigenvalue weighted by Gasteiger charge is -2.05. The molecule has 0 aliphatic heterocycles. The molecule has 1 aliphatic rings. The zero-order chi connectivity index (χ0) is 8.55. The van der Waals surface area contributed by atoms with E-state index in [4.69, 9.17) is 5.73 Å². The van der Waals surface area contributed by atoms with E-state index in [0.29, 0.717) is 6.04 Å². The minimum atomic E-state index is 0.317. The summed E-state index contributed by atoms with van der Waals surface area (Å²) >= 11 is 1.66. The lowest BCUT2D eigenvalue weighted by molar-refractivity contribution is 0.587. The molecule has 1 heterocycles. The third kappa shape index (κ3) is 1.81. The molecule has 0 radical (unpaired) electrons. The molecule has 1 aromatic heterocycles. The first-order valence-electron chi connectivity index (χ1n) is 4.30. The van der Waals surface area contributed by atoms with Gasteiger partial charge in [0.05, 0.1) is 0 Å². The molecule has 0 aromatic carbocycles. The Morgan fingerprint density at radius 1 is 1.58 bits per heavy atom. The molecule has 1 atom stereocenters. The third-order valence-electron chi connectivity index (χ3n) is 2.21. The van der Waals surface area contributed by atoms with Crippen LogP contribution in [0.2, 0.25) is 0 Å². The van der Waals surface area contributed by atoms with Gasteiger partial charge in [0.15, 0.2) is 0 Å². The van der Waals surface area contributed by atoms with Gasteiger partial charge in [-0.1, -0.05) is 0 Å². The van der Waals surface area contributed by atoms with Gasteiger partial charge in [0.25, 0.3) is 0 Å². The van der Waals surface area contributed by atoms with E-state index in [1.165, 1.54) is 12.8 Å². The van der Waals surface area contributed by atoms with E-state index in [1.807, 2.05) is 6.92 Å². The number of hydrogen-bond donors (Lipinski definition) is 1. The quantitative estimate of drug-likeness (QED) is 0.764. The minimum Gasteiger partial charge on any atom is -0.327 e. The van der Waals surface area contributed by atoms with Crippen LogP contribution >= 0.6 is 11.3 Å². The number of hydrogen-bond acceptors (Lipinski definition) is 4. The summed E-state index contributed by atoms with van der Waals surface area (Å²) < 4.78 is 0. The zero-order valence-corrected chi connectivity index (χ0v) is 7.97. The first-order chi connectivity index (χ1) is 5.75. The lowest BCUT2D eigenvalue weighted by Crippen LogP contribution is -2.24. The van der Waals surface area contributed by atoms with Gasteiger partial charge in [-0.05, 0) is 25.7 Å². The minimum absolute atomic E-state index is 0.317. The summed E-state index contributed by atoms with van der Waals surface area (Å²) in [6.45, 7) is 1.98. The smallest absolute Gasteiger partial charge is 0.118 e. The topological polar surface area (TPSA) is 51.8 Å². The zero-order valence-electron chi connectivity index (χ0n) is 7.16. The van der Waals surface area contributed by atoms with Crippen molar-refractivity contribution >= 4 is 11.3 Å². The van der Waals surface area contributed by atoms with Gasteiger partial charge in [0, 0.05) is 12.5 Å². The van der Waals surface area contributed by atoms with Gasteiger partial charge in [-0.25, -0.2) is 0 Å². The molecule has 2 rings (SSSR count). The summed E-state index contributed by atoms with van der Waals surface area (Å²) in [6.07, 6.45) is 3.52. The average Bonchev–Trinajstić information content (AvgIpc) is 2.78. The Balaban J connectivity index is 1.93. The summed E-state index contributed by atoms with van der Waals surface area (Å²) in [4.78, 5) is 0. The third-order valence-corrected chi connectivity index (χ3v) is 3.07. The van der Waals surface area contributed by atoms with E-state index in [9.17, 15) is 0 Å². The van der Waals surface area contributed by atoms with Crippen molar-refractivity contribution in [2.45, 2.75) is 32.2 Å². The second-order valence-electron chi connectivity index (χ2n) is 3.42. The molecule has 1 saturated carbocycles. The monoisotopic (exact) mass is 183 g/mol. The second-order valence-corrected chi connectivity index (χ2v) is 4.69. The first kappa shape index (κ1) is 8.13. The summed E-state index contributed by atoms with van der Waals surface area (Å²) in [7, 11) is 0. The van der Waals surface area contributed by atoms with Crippen molar-refractivity contribution in [2.75, 3.05) is 0 Å². The van der Waals surface area contributed by atoms with Crippen molar-refractivity contribution in [1.82, 2.24) is 10.2 Å². The van der Waals surface area contributed by atoms with E-state index < -0.39 is 0 Å². The molecule has 66 valence electrons. The van der Waals surface area contributed by atoms with Crippen LogP contribution in [0.4, 0.5) is 0 Å². The van der Waals surface area contributed by atoms with Gasteiger partial charge in [-0.15, -0.1) is 21.5 Å². The standard InChI is InChI=1S/C8H13N3S/c1-5-10-11-8(12-5)4-7(9)6-2-3-6/h6-7H,2-4,9H2,1H3. The number of nitrogens with two attached hydrogens (primary N) is 1. The molecule has 12 heavy (non-hydrogen) atoms. The van der Waals surface area contributed by atoms with E-state index in [-0.39, 0.29) is 0 Å². The molecule has 0 amide bonds. The molecule has 1 aromatic rings. The number of aryl methyl sites for hydroxylation is 1. The highest BCUT2D eigenvalue weighted by atomic mass is 32.1. The normalized spacial score (nSPS) is 19.5. The highest BCUT2D eigenvalue weighted by Gasteiger charge is 2.29. The van der Waals surface area contributed by atoms with Crippen LogP contribution in [0.3, 0.4) is 0 Å². The number of rotatable bonds is 3. The van der Waals surface area contributed by atoms with Gasteiger partial charge >= 0.3 is 0 Å². The molecule has 1 aliphatic carbocycles. The summed E-state index contributed by atoms with van der Waals surface area (Å²) in [5.41, 5.74) is 5.96. The molecule has 0 spiro atoms. The fraction of sp³-hybridized carbons (Fsp3) is 0.750. The highest BCUT2D eigenvalue weighted by Crippen LogP contribution is 2.33. The summed E-state index contributed by atoms with van der Waals surface area (Å²) in [6, 6.07) is 0.317. The Labute approximate surface area is 76.0 Å². The van der Waals surface area contributed by atoms with Crippen LogP contribution in [0, 0.1) is 12.8 Å².